The minimum Gasteiger partial charge on any atom is -0.377 e. The van der Waals surface area contributed by atoms with E-state index >= 15 is 0 Å². The fourth-order valence-electron chi connectivity index (χ4n) is 3.29. The number of amides is 2. The summed E-state index contributed by atoms with van der Waals surface area (Å²) in [6.45, 7) is 3.74. The van der Waals surface area contributed by atoms with Gasteiger partial charge in [-0.1, -0.05) is 6.42 Å². The second-order valence-corrected chi connectivity index (χ2v) is 6.07. The van der Waals surface area contributed by atoms with Crippen LogP contribution in [0.1, 0.15) is 39.0 Å². The number of nitrogens with one attached hydrogen (secondary N) is 1. The molecule has 2 rings (SSSR count). The van der Waals surface area contributed by atoms with Crippen LogP contribution in [0.5, 0.6) is 0 Å². The normalized spacial score (nSPS) is 30.0. The SMILES string of the molecule is CCNC(=O)C1COCCN1C(=O)CC1CCCC(N)C1. The summed E-state index contributed by atoms with van der Waals surface area (Å²) in [7, 11) is 0. The number of carbonyl (C=O) groups excluding carboxylic acids is 2. The number of likely N-dealkylation sites (N-methyl/N-ethyl adjacent to an activating group) is 1. The zero-order valence-electron chi connectivity index (χ0n) is 12.8. The van der Waals surface area contributed by atoms with Crippen molar-refractivity contribution in [2.45, 2.75) is 51.1 Å². The number of rotatable bonds is 4. The quantitative estimate of drug-likeness (QED) is 0.779. The average molecular weight is 297 g/mol. The van der Waals surface area contributed by atoms with Gasteiger partial charge in [-0.05, 0) is 32.1 Å². The van der Waals surface area contributed by atoms with E-state index in [9.17, 15) is 9.59 Å². The lowest BCUT2D eigenvalue weighted by molar-refractivity contribution is -0.149. The van der Waals surface area contributed by atoms with Gasteiger partial charge in [-0.3, -0.25) is 9.59 Å². The minimum absolute atomic E-state index is 0.0636. The number of carbonyl (C=O) groups is 2. The molecule has 0 aromatic rings. The van der Waals surface area contributed by atoms with Crippen LogP contribution in [0.25, 0.3) is 0 Å². The van der Waals surface area contributed by atoms with Crippen LogP contribution in [-0.4, -0.2) is 55.1 Å². The van der Waals surface area contributed by atoms with Crippen LogP contribution in [0, 0.1) is 5.92 Å². The molecule has 1 saturated carbocycles. The predicted octanol–water partition coefficient (Wildman–Crippen LogP) is 0.258. The van der Waals surface area contributed by atoms with Crippen LogP contribution >= 0.6 is 0 Å². The number of morpholine rings is 1. The number of nitrogens with zero attached hydrogens (tertiary/aromatic N) is 1. The lowest BCUT2D eigenvalue weighted by Gasteiger charge is -2.36. The van der Waals surface area contributed by atoms with E-state index in [1.807, 2.05) is 6.92 Å². The maximum Gasteiger partial charge on any atom is 0.245 e. The number of hydrogen-bond donors (Lipinski definition) is 2. The average Bonchev–Trinajstić information content (AvgIpc) is 2.47. The summed E-state index contributed by atoms with van der Waals surface area (Å²) >= 11 is 0. The van der Waals surface area contributed by atoms with E-state index in [0.29, 0.717) is 38.6 Å². The van der Waals surface area contributed by atoms with E-state index in [1.54, 1.807) is 4.90 Å². The lowest BCUT2D eigenvalue weighted by Crippen LogP contribution is -2.56. The number of ether oxygens (including phenoxy) is 1. The van der Waals surface area contributed by atoms with Crippen molar-refractivity contribution in [1.82, 2.24) is 10.2 Å². The molecule has 3 N–H and O–H groups in total. The van der Waals surface area contributed by atoms with Crippen molar-refractivity contribution in [1.29, 1.82) is 0 Å². The van der Waals surface area contributed by atoms with E-state index in [-0.39, 0.29) is 17.9 Å². The molecule has 21 heavy (non-hydrogen) atoms. The van der Waals surface area contributed by atoms with Gasteiger partial charge < -0.3 is 20.7 Å². The van der Waals surface area contributed by atoms with Crippen LogP contribution in [0.15, 0.2) is 0 Å². The van der Waals surface area contributed by atoms with Gasteiger partial charge in [-0.2, -0.15) is 0 Å². The molecular weight excluding hydrogens is 270 g/mol. The molecule has 6 heteroatoms. The highest BCUT2D eigenvalue weighted by molar-refractivity contribution is 5.88. The van der Waals surface area contributed by atoms with E-state index < -0.39 is 6.04 Å². The fourth-order valence-corrected chi connectivity index (χ4v) is 3.29. The Morgan fingerprint density at radius 2 is 2.19 bits per heavy atom. The van der Waals surface area contributed by atoms with Crippen molar-refractivity contribution < 1.29 is 14.3 Å². The van der Waals surface area contributed by atoms with Crippen molar-refractivity contribution in [3.63, 3.8) is 0 Å². The molecule has 1 aliphatic heterocycles. The van der Waals surface area contributed by atoms with E-state index in [2.05, 4.69) is 5.32 Å². The first-order valence-electron chi connectivity index (χ1n) is 8.02. The Morgan fingerprint density at radius 1 is 1.38 bits per heavy atom. The van der Waals surface area contributed by atoms with Gasteiger partial charge in [-0.25, -0.2) is 0 Å². The molecule has 1 heterocycles. The molecule has 120 valence electrons. The second kappa shape index (κ2) is 7.75. The molecule has 2 fully saturated rings. The molecule has 6 nitrogen and oxygen atoms in total. The summed E-state index contributed by atoms with van der Waals surface area (Å²) in [5.74, 6) is 0.304. The van der Waals surface area contributed by atoms with E-state index in [1.165, 1.54) is 0 Å². The largest absolute Gasteiger partial charge is 0.377 e. The molecule has 0 aromatic heterocycles. The van der Waals surface area contributed by atoms with Gasteiger partial charge >= 0.3 is 0 Å². The van der Waals surface area contributed by atoms with E-state index in [0.717, 1.165) is 25.7 Å². The van der Waals surface area contributed by atoms with Gasteiger partial charge in [0.15, 0.2) is 0 Å². The van der Waals surface area contributed by atoms with E-state index in [4.69, 9.17) is 10.5 Å². The number of hydrogen-bond acceptors (Lipinski definition) is 4. The molecule has 2 aliphatic rings. The maximum absolute atomic E-state index is 12.5. The molecule has 2 amide bonds. The van der Waals surface area contributed by atoms with Gasteiger partial charge in [0.25, 0.3) is 0 Å². The van der Waals surface area contributed by atoms with Crippen molar-refractivity contribution in [3.05, 3.63) is 0 Å². The summed E-state index contributed by atoms with van der Waals surface area (Å²) in [6.07, 6.45) is 4.65. The number of nitrogens with two attached hydrogens (primary N) is 1. The topological polar surface area (TPSA) is 84.7 Å². The highest BCUT2D eigenvalue weighted by Crippen LogP contribution is 2.27. The molecule has 1 saturated heterocycles. The Morgan fingerprint density at radius 3 is 2.90 bits per heavy atom. The zero-order chi connectivity index (χ0) is 15.2. The van der Waals surface area contributed by atoms with Crippen molar-refractivity contribution in [3.8, 4) is 0 Å². The second-order valence-electron chi connectivity index (χ2n) is 6.07. The molecule has 1 aliphatic carbocycles. The first-order chi connectivity index (χ1) is 10.1. The van der Waals surface area contributed by atoms with Crippen LogP contribution < -0.4 is 11.1 Å². The zero-order valence-corrected chi connectivity index (χ0v) is 12.8. The third kappa shape index (κ3) is 4.41. The third-order valence-electron chi connectivity index (χ3n) is 4.39. The summed E-state index contributed by atoms with van der Waals surface area (Å²) in [5.41, 5.74) is 5.99. The molecular formula is C15H27N3O3. The lowest BCUT2D eigenvalue weighted by atomic mass is 9.84. The smallest absolute Gasteiger partial charge is 0.245 e. The molecule has 3 atom stereocenters. The first kappa shape index (κ1) is 16.2. The Kier molecular flexibility index (Phi) is 5.99. The Hall–Kier alpha value is -1.14. The minimum atomic E-state index is -0.483. The van der Waals surface area contributed by atoms with Gasteiger partial charge in [0.2, 0.25) is 11.8 Å². The summed E-state index contributed by atoms with van der Waals surface area (Å²) in [4.78, 5) is 26.3. The van der Waals surface area contributed by atoms with Crippen LogP contribution in [0.2, 0.25) is 0 Å². The standard InChI is InChI=1S/C15H27N3O3/c1-2-17-15(20)13-10-21-7-6-18(13)14(19)9-11-4-3-5-12(16)8-11/h11-13H,2-10,16H2,1H3,(H,17,20). The third-order valence-corrected chi connectivity index (χ3v) is 4.39. The van der Waals surface area contributed by atoms with Gasteiger partial charge in [0.1, 0.15) is 6.04 Å². The van der Waals surface area contributed by atoms with Crippen molar-refractivity contribution in [2.24, 2.45) is 11.7 Å². The molecule has 3 unspecified atom stereocenters. The monoisotopic (exact) mass is 297 g/mol. The first-order valence-corrected chi connectivity index (χ1v) is 8.02. The van der Waals surface area contributed by atoms with Crippen LogP contribution in [0.4, 0.5) is 0 Å². The van der Waals surface area contributed by atoms with Crippen LogP contribution in [0.3, 0.4) is 0 Å². The molecule has 0 aromatic carbocycles. The summed E-state index contributed by atoms with van der Waals surface area (Å²) < 4.78 is 5.36. The molecule has 0 spiro atoms. The van der Waals surface area contributed by atoms with Crippen molar-refractivity contribution >= 4 is 11.8 Å². The predicted molar refractivity (Wildman–Crippen MR) is 79.6 cm³/mol. The highest BCUT2D eigenvalue weighted by Gasteiger charge is 2.34. The Labute approximate surface area is 126 Å². The fraction of sp³-hybridized carbons (Fsp3) is 0.867. The highest BCUT2D eigenvalue weighted by atomic mass is 16.5. The maximum atomic E-state index is 12.5. The molecule has 0 radical (unpaired) electrons. The van der Waals surface area contributed by atoms with Gasteiger partial charge in [0, 0.05) is 25.6 Å². The summed E-state index contributed by atoms with van der Waals surface area (Å²) in [5, 5.41) is 2.78. The Bertz CT molecular complexity index is 375. The van der Waals surface area contributed by atoms with Gasteiger partial charge in [-0.15, -0.1) is 0 Å². The van der Waals surface area contributed by atoms with Crippen LogP contribution in [-0.2, 0) is 14.3 Å². The van der Waals surface area contributed by atoms with Crippen molar-refractivity contribution in [2.75, 3.05) is 26.3 Å². The summed E-state index contributed by atoms with van der Waals surface area (Å²) in [6, 6.07) is -0.260. The van der Waals surface area contributed by atoms with Gasteiger partial charge in [0.05, 0.1) is 13.2 Å². The Balaban J connectivity index is 1.93. The molecule has 0 bridgehead atoms.